The molecule has 0 aliphatic carbocycles. The maximum Gasteiger partial charge on any atom is 0.0399 e. The molecule has 0 bridgehead atoms. The van der Waals surface area contributed by atoms with Crippen molar-refractivity contribution in [3.63, 3.8) is 0 Å². The van der Waals surface area contributed by atoms with Crippen molar-refractivity contribution in [3.05, 3.63) is 52.2 Å². The first-order valence-corrected chi connectivity index (χ1v) is 8.32. The van der Waals surface area contributed by atoms with Crippen molar-refractivity contribution in [2.45, 2.75) is 25.8 Å². The second-order valence-corrected chi connectivity index (χ2v) is 6.39. The van der Waals surface area contributed by atoms with Gasteiger partial charge in [-0.05, 0) is 49.4 Å². The number of rotatable bonds is 6. The van der Waals surface area contributed by atoms with Gasteiger partial charge in [0.05, 0.1) is 0 Å². The van der Waals surface area contributed by atoms with E-state index in [2.05, 4.69) is 58.9 Å². The third-order valence-electron chi connectivity index (χ3n) is 4.01. The van der Waals surface area contributed by atoms with E-state index < -0.39 is 0 Å². The summed E-state index contributed by atoms with van der Waals surface area (Å²) in [6, 6.07) is 13.6. The van der Waals surface area contributed by atoms with Crippen molar-refractivity contribution in [2.75, 3.05) is 24.5 Å². The first kappa shape index (κ1) is 13.7. The highest BCUT2D eigenvalue weighted by Gasteiger charge is 2.17. The molecule has 1 aromatic carbocycles. The summed E-state index contributed by atoms with van der Waals surface area (Å²) in [5.41, 5.74) is 2.95. The van der Waals surface area contributed by atoms with E-state index in [9.17, 15) is 0 Å². The molecule has 1 aromatic heterocycles. The van der Waals surface area contributed by atoms with Crippen molar-refractivity contribution >= 4 is 17.0 Å². The Bertz CT molecular complexity index is 536. The summed E-state index contributed by atoms with van der Waals surface area (Å²) < 4.78 is 0. The van der Waals surface area contributed by atoms with E-state index in [1.165, 1.54) is 35.5 Å². The number of thiophene rings is 1. The third kappa shape index (κ3) is 3.05. The summed E-state index contributed by atoms with van der Waals surface area (Å²) in [6.45, 7) is 5.66. The average Bonchev–Trinajstić information content (AvgIpc) is 3.13. The summed E-state index contributed by atoms with van der Waals surface area (Å²) in [4.78, 5) is 3.95. The molecule has 0 amide bonds. The molecule has 2 heterocycles. The number of para-hydroxylation sites is 1. The van der Waals surface area contributed by atoms with E-state index in [4.69, 9.17) is 0 Å². The van der Waals surface area contributed by atoms with Crippen LogP contribution in [0.25, 0.3) is 0 Å². The fraction of sp³-hybridized carbons (Fsp3) is 0.412. The lowest BCUT2D eigenvalue weighted by Gasteiger charge is -2.20. The van der Waals surface area contributed by atoms with Crippen LogP contribution in [0.1, 0.15) is 29.8 Å². The lowest BCUT2D eigenvalue weighted by atomic mass is 10.2. The number of hydrogen-bond acceptors (Lipinski definition) is 3. The van der Waals surface area contributed by atoms with Gasteiger partial charge in [-0.1, -0.05) is 24.3 Å². The van der Waals surface area contributed by atoms with E-state index >= 15 is 0 Å². The van der Waals surface area contributed by atoms with Gasteiger partial charge in [-0.3, -0.25) is 0 Å². The second-order valence-electron chi connectivity index (χ2n) is 5.41. The molecule has 2 nitrogen and oxygen atoms in total. The van der Waals surface area contributed by atoms with E-state index in [-0.39, 0.29) is 0 Å². The molecule has 0 radical (unpaired) electrons. The molecule has 1 aliphatic heterocycles. The fourth-order valence-corrected chi connectivity index (χ4v) is 3.62. The second kappa shape index (κ2) is 6.42. The largest absolute Gasteiger partial charge is 0.371 e. The molecule has 20 heavy (non-hydrogen) atoms. The quantitative estimate of drug-likeness (QED) is 0.811. The molecule has 0 fully saturated rings. The van der Waals surface area contributed by atoms with Crippen LogP contribution >= 0.6 is 11.3 Å². The average molecular weight is 286 g/mol. The third-order valence-corrected chi connectivity index (χ3v) is 5.06. The summed E-state index contributed by atoms with van der Waals surface area (Å²) in [6.07, 6.45) is 2.40. The zero-order valence-electron chi connectivity index (χ0n) is 12.0. The predicted molar refractivity (Wildman–Crippen MR) is 87.7 cm³/mol. The van der Waals surface area contributed by atoms with Gasteiger partial charge in [0.15, 0.2) is 0 Å². The first-order chi connectivity index (χ1) is 9.84. The SMILES string of the molecule is CC(NCCCN1CCc2ccccc21)c1cccs1. The van der Waals surface area contributed by atoms with Gasteiger partial charge in [-0.15, -0.1) is 11.3 Å². The minimum atomic E-state index is 0.473. The van der Waals surface area contributed by atoms with Crippen molar-refractivity contribution in [1.29, 1.82) is 0 Å². The molecule has 1 unspecified atom stereocenters. The van der Waals surface area contributed by atoms with Crippen molar-refractivity contribution in [3.8, 4) is 0 Å². The molecule has 106 valence electrons. The zero-order chi connectivity index (χ0) is 13.8. The van der Waals surface area contributed by atoms with Crippen LogP contribution in [0.5, 0.6) is 0 Å². The Morgan fingerprint density at radius 1 is 1.25 bits per heavy atom. The summed E-state index contributed by atoms with van der Waals surface area (Å²) >= 11 is 1.83. The van der Waals surface area contributed by atoms with Gasteiger partial charge in [0.25, 0.3) is 0 Å². The Hall–Kier alpha value is -1.32. The standard InChI is InChI=1S/C17H22N2S/c1-14(17-8-4-13-20-17)18-10-5-11-19-12-9-15-6-2-3-7-16(15)19/h2-4,6-8,13-14,18H,5,9-12H2,1H3. The highest BCUT2D eigenvalue weighted by atomic mass is 32.1. The van der Waals surface area contributed by atoms with Crippen LogP contribution in [0.4, 0.5) is 5.69 Å². The van der Waals surface area contributed by atoms with Crippen LogP contribution in [0.15, 0.2) is 41.8 Å². The number of benzene rings is 1. The highest BCUT2D eigenvalue weighted by Crippen LogP contribution is 2.27. The Labute approximate surface area is 125 Å². The normalized spacial score (nSPS) is 15.3. The van der Waals surface area contributed by atoms with Gasteiger partial charge in [0, 0.05) is 29.7 Å². The lowest BCUT2D eigenvalue weighted by Crippen LogP contribution is -2.26. The number of nitrogens with one attached hydrogen (secondary N) is 1. The Kier molecular flexibility index (Phi) is 4.38. The molecular formula is C17H22N2S. The number of hydrogen-bond donors (Lipinski definition) is 1. The molecule has 3 heteroatoms. The number of anilines is 1. The summed E-state index contributed by atoms with van der Waals surface area (Å²) in [5.74, 6) is 0. The van der Waals surface area contributed by atoms with E-state index in [1.807, 2.05) is 11.3 Å². The van der Waals surface area contributed by atoms with Crippen molar-refractivity contribution in [2.24, 2.45) is 0 Å². The lowest BCUT2D eigenvalue weighted by molar-refractivity contribution is 0.562. The molecule has 3 rings (SSSR count). The van der Waals surface area contributed by atoms with Gasteiger partial charge in [-0.25, -0.2) is 0 Å². The molecule has 0 saturated carbocycles. The van der Waals surface area contributed by atoms with Gasteiger partial charge < -0.3 is 10.2 Å². The van der Waals surface area contributed by atoms with Gasteiger partial charge in [0.1, 0.15) is 0 Å². The molecule has 0 spiro atoms. The first-order valence-electron chi connectivity index (χ1n) is 7.44. The van der Waals surface area contributed by atoms with Crippen molar-refractivity contribution < 1.29 is 0 Å². The fourth-order valence-electron chi connectivity index (χ4n) is 2.87. The molecule has 2 aromatic rings. The summed E-state index contributed by atoms with van der Waals surface area (Å²) in [5, 5.41) is 5.76. The van der Waals surface area contributed by atoms with Crippen LogP contribution in [0.3, 0.4) is 0 Å². The summed E-state index contributed by atoms with van der Waals surface area (Å²) in [7, 11) is 0. The van der Waals surface area contributed by atoms with Crippen LogP contribution < -0.4 is 10.2 Å². The molecule has 1 aliphatic rings. The molecule has 1 atom stereocenters. The van der Waals surface area contributed by atoms with E-state index in [0.717, 1.165) is 13.1 Å². The van der Waals surface area contributed by atoms with Crippen molar-refractivity contribution in [1.82, 2.24) is 5.32 Å². The number of fused-ring (bicyclic) bond motifs is 1. The smallest absolute Gasteiger partial charge is 0.0399 e. The van der Waals surface area contributed by atoms with E-state index in [1.54, 1.807) is 0 Å². The minimum Gasteiger partial charge on any atom is -0.371 e. The van der Waals surface area contributed by atoms with Gasteiger partial charge in [0.2, 0.25) is 0 Å². The Morgan fingerprint density at radius 2 is 2.15 bits per heavy atom. The van der Waals surface area contributed by atoms with Gasteiger partial charge >= 0.3 is 0 Å². The van der Waals surface area contributed by atoms with Crippen LogP contribution in [0.2, 0.25) is 0 Å². The van der Waals surface area contributed by atoms with Crippen LogP contribution in [0, 0.1) is 0 Å². The van der Waals surface area contributed by atoms with Crippen LogP contribution in [-0.4, -0.2) is 19.6 Å². The van der Waals surface area contributed by atoms with E-state index in [0.29, 0.717) is 6.04 Å². The molecular weight excluding hydrogens is 264 g/mol. The Morgan fingerprint density at radius 3 is 3.00 bits per heavy atom. The molecule has 0 saturated heterocycles. The molecule has 1 N–H and O–H groups in total. The highest BCUT2D eigenvalue weighted by molar-refractivity contribution is 7.10. The zero-order valence-corrected chi connectivity index (χ0v) is 12.8. The Balaban J connectivity index is 1.43. The van der Waals surface area contributed by atoms with Gasteiger partial charge in [-0.2, -0.15) is 0 Å². The number of nitrogens with zero attached hydrogens (tertiary/aromatic N) is 1. The minimum absolute atomic E-state index is 0.473. The monoisotopic (exact) mass is 286 g/mol. The topological polar surface area (TPSA) is 15.3 Å². The van der Waals surface area contributed by atoms with Crippen LogP contribution in [-0.2, 0) is 6.42 Å². The maximum atomic E-state index is 3.62. The maximum absolute atomic E-state index is 3.62. The predicted octanol–water partition coefficient (Wildman–Crippen LogP) is 3.85.